The van der Waals surface area contributed by atoms with Crippen LogP contribution in [0.2, 0.25) is 0 Å². The molecule has 1 amide bonds. The molecule has 0 saturated carbocycles. The van der Waals surface area contributed by atoms with Crippen molar-refractivity contribution in [3.63, 3.8) is 0 Å². The van der Waals surface area contributed by atoms with Crippen LogP contribution in [0.1, 0.15) is 11.3 Å². The Bertz CT molecular complexity index is 777. The number of fused-ring (bicyclic) bond motifs is 1. The lowest BCUT2D eigenvalue weighted by Crippen LogP contribution is -2.14. The summed E-state index contributed by atoms with van der Waals surface area (Å²) >= 11 is 3.44. The van der Waals surface area contributed by atoms with E-state index in [1.165, 1.54) is 0 Å². The van der Waals surface area contributed by atoms with E-state index in [1.54, 1.807) is 0 Å². The highest BCUT2D eigenvalue weighted by molar-refractivity contribution is 9.10. The first-order valence-electron chi connectivity index (χ1n) is 6.60. The largest absolute Gasteiger partial charge is 0.326 e. The number of carbonyl (C=O) groups excluding carboxylic acids is 1. The maximum atomic E-state index is 12.1. The fourth-order valence-electron chi connectivity index (χ4n) is 2.16. The maximum Gasteiger partial charge on any atom is 0.230 e. The third-order valence-electron chi connectivity index (χ3n) is 3.20. The molecule has 1 aromatic carbocycles. The maximum absolute atomic E-state index is 12.1. The van der Waals surface area contributed by atoms with Crippen LogP contribution in [0.4, 0.5) is 5.69 Å². The molecule has 106 valence electrons. The van der Waals surface area contributed by atoms with E-state index in [9.17, 15) is 4.79 Å². The van der Waals surface area contributed by atoms with Crippen LogP contribution in [-0.4, -0.2) is 15.3 Å². The zero-order valence-electron chi connectivity index (χ0n) is 11.5. The van der Waals surface area contributed by atoms with Gasteiger partial charge in [-0.25, -0.2) is 4.98 Å². The van der Waals surface area contributed by atoms with Crippen LogP contribution in [-0.2, 0) is 11.2 Å². The third kappa shape index (κ3) is 3.13. The minimum atomic E-state index is -0.0693. The normalized spacial score (nSPS) is 10.8. The molecule has 0 fully saturated rings. The molecule has 0 aliphatic rings. The van der Waals surface area contributed by atoms with Crippen LogP contribution < -0.4 is 5.32 Å². The number of hydrogen-bond donors (Lipinski definition) is 1. The highest BCUT2D eigenvalue weighted by Crippen LogP contribution is 2.20. The Labute approximate surface area is 131 Å². The summed E-state index contributed by atoms with van der Waals surface area (Å²) in [4.78, 5) is 16.5. The number of nitrogens with zero attached hydrogens (tertiary/aromatic N) is 2. The summed E-state index contributed by atoms with van der Waals surface area (Å²) in [5.41, 5.74) is 3.48. The summed E-state index contributed by atoms with van der Waals surface area (Å²) < 4.78 is 2.94. The van der Waals surface area contributed by atoms with E-state index in [0.29, 0.717) is 0 Å². The highest BCUT2D eigenvalue weighted by Gasteiger charge is 2.08. The minimum Gasteiger partial charge on any atom is -0.326 e. The number of imidazole rings is 1. The van der Waals surface area contributed by atoms with Crippen molar-refractivity contribution in [3.05, 3.63) is 64.5 Å². The molecule has 0 radical (unpaired) electrons. The number of hydrogen-bond acceptors (Lipinski definition) is 2. The van der Waals surface area contributed by atoms with Gasteiger partial charge in [-0.15, -0.1) is 0 Å². The van der Waals surface area contributed by atoms with Gasteiger partial charge in [0.05, 0.1) is 12.1 Å². The van der Waals surface area contributed by atoms with Crippen LogP contribution >= 0.6 is 15.9 Å². The Morgan fingerprint density at radius 3 is 2.95 bits per heavy atom. The predicted molar refractivity (Wildman–Crippen MR) is 86.4 cm³/mol. The molecule has 21 heavy (non-hydrogen) atoms. The summed E-state index contributed by atoms with van der Waals surface area (Å²) in [6.07, 6.45) is 4.06. The van der Waals surface area contributed by atoms with Crippen molar-refractivity contribution in [1.29, 1.82) is 0 Å². The van der Waals surface area contributed by atoms with Crippen molar-refractivity contribution in [2.45, 2.75) is 13.3 Å². The number of rotatable bonds is 3. The molecular formula is C16H14BrN3O. The molecule has 0 aliphatic carbocycles. The Kier molecular flexibility index (Phi) is 3.75. The molecule has 5 heteroatoms. The van der Waals surface area contributed by atoms with E-state index >= 15 is 0 Å². The Hall–Kier alpha value is -2.14. The number of pyridine rings is 1. The monoisotopic (exact) mass is 343 g/mol. The van der Waals surface area contributed by atoms with Gasteiger partial charge in [0.2, 0.25) is 5.91 Å². The summed E-state index contributed by atoms with van der Waals surface area (Å²) in [5.74, 6) is -0.0693. The Morgan fingerprint density at radius 2 is 2.19 bits per heavy atom. The molecule has 3 rings (SSSR count). The van der Waals surface area contributed by atoms with Crippen LogP contribution in [0.5, 0.6) is 0 Å². The average molecular weight is 344 g/mol. The van der Waals surface area contributed by atoms with Gasteiger partial charge >= 0.3 is 0 Å². The number of benzene rings is 1. The molecular weight excluding hydrogens is 330 g/mol. The summed E-state index contributed by atoms with van der Waals surface area (Å²) in [6.45, 7) is 1.99. The van der Waals surface area contributed by atoms with Crippen molar-refractivity contribution < 1.29 is 4.79 Å². The first-order valence-corrected chi connectivity index (χ1v) is 7.40. The summed E-state index contributed by atoms with van der Waals surface area (Å²) in [5, 5.41) is 2.89. The average Bonchev–Trinajstić information content (AvgIpc) is 2.84. The molecule has 0 spiro atoms. The Balaban J connectivity index is 1.72. The number of aryl methyl sites for hydroxylation is 1. The highest BCUT2D eigenvalue weighted by atomic mass is 79.9. The third-order valence-corrected chi connectivity index (χ3v) is 4.09. The number of carbonyl (C=O) groups is 1. The van der Waals surface area contributed by atoms with Crippen molar-refractivity contribution in [1.82, 2.24) is 9.38 Å². The van der Waals surface area contributed by atoms with Gasteiger partial charge in [0.15, 0.2) is 0 Å². The molecule has 4 nitrogen and oxygen atoms in total. The molecule has 3 aromatic rings. The van der Waals surface area contributed by atoms with Gasteiger partial charge in [-0.1, -0.05) is 22.0 Å². The van der Waals surface area contributed by atoms with Crippen molar-refractivity contribution in [2.75, 3.05) is 5.32 Å². The molecule has 0 saturated heterocycles. The SMILES string of the molecule is Cc1cc(NC(=O)Cc2cn3ccccc3n2)ccc1Br. The molecule has 2 aromatic heterocycles. The van der Waals surface area contributed by atoms with Crippen LogP contribution in [0.25, 0.3) is 5.65 Å². The first kappa shape index (κ1) is 13.8. The van der Waals surface area contributed by atoms with Crippen molar-refractivity contribution >= 4 is 33.2 Å². The van der Waals surface area contributed by atoms with Crippen LogP contribution in [0, 0.1) is 6.92 Å². The minimum absolute atomic E-state index is 0.0693. The van der Waals surface area contributed by atoms with E-state index in [1.807, 2.05) is 60.1 Å². The van der Waals surface area contributed by atoms with Crippen LogP contribution in [0.3, 0.4) is 0 Å². The molecule has 0 unspecified atom stereocenters. The van der Waals surface area contributed by atoms with E-state index < -0.39 is 0 Å². The van der Waals surface area contributed by atoms with Crippen molar-refractivity contribution in [3.8, 4) is 0 Å². The van der Waals surface area contributed by atoms with E-state index in [0.717, 1.165) is 27.1 Å². The Morgan fingerprint density at radius 1 is 1.33 bits per heavy atom. The number of nitrogens with one attached hydrogen (secondary N) is 1. The first-order chi connectivity index (χ1) is 10.1. The zero-order valence-corrected chi connectivity index (χ0v) is 13.1. The second-order valence-corrected chi connectivity index (χ2v) is 5.74. The zero-order chi connectivity index (χ0) is 14.8. The van der Waals surface area contributed by atoms with Crippen LogP contribution in [0.15, 0.2) is 53.3 Å². The number of halogens is 1. The number of anilines is 1. The molecule has 1 N–H and O–H groups in total. The van der Waals surface area contributed by atoms with Gasteiger partial charge in [0.1, 0.15) is 5.65 Å². The fraction of sp³-hybridized carbons (Fsp3) is 0.125. The van der Waals surface area contributed by atoms with Gasteiger partial charge in [0, 0.05) is 22.6 Å². The summed E-state index contributed by atoms with van der Waals surface area (Å²) in [6, 6.07) is 11.5. The lowest BCUT2D eigenvalue weighted by atomic mass is 10.2. The number of amides is 1. The van der Waals surface area contributed by atoms with Gasteiger partial charge in [-0.2, -0.15) is 0 Å². The predicted octanol–water partition coefficient (Wildman–Crippen LogP) is 3.59. The van der Waals surface area contributed by atoms with Crippen molar-refractivity contribution in [2.24, 2.45) is 0 Å². The van der Waals surface area contributed by atoms with Gasteiger partial charge in [-0.05, 0) is 42.8 Å². The molecule has 0 bridgehead atoms. The quantitative estimate of drug-likeness (QED) is 0.789. The molecule has 2 heterocycles. The topological polar surface area (TPSA) is 46.4 Å². The van der Waals surface area contributed by atoms with E-state index in [4.69, 9.17) is 0 Å². The number of aromatic nitrogens is 2. The molecule has 0 aliphatic heterocycles. The smallest absolute Gasteiger partial charge is 0.230 e. The summed E-state index contributed by atoms with van der Waals surface area (Å²) in [7, 11) is 0. The second kappa shape index (κ2) is 5.69. The second-order valence-electron chi connectivity index (χ2n) is 4.89. The lowest BCUT2D eigenvalue weighted by molar-refractivity contribution is -0.115. The lowest BCUT2D eigenvalue weighted by Gasteiger charge is -2.06. The fourth-order valence-corrected chi connectivity index (χ4v) is 2.41. The molecule has 0 atom stereocenters. The van der Waals surface area contributed by atoms with Gasteiger partial charge in [-0.3, -0.25) is 4.79 Å². The van der Waals surface area contributed by atoms with Gasteiger partial charge in [0.25, 0.3) is 0 Å². The van der Waals surface area contributed by atoms with E-state index in [2.05, 4.69) is 26.2 Å². The standard InChI is InChI=1S/C16H14BrN3O/c1-11-8-12(5-6-14(11)17)19-16(21)9-13-10-20-7-3-2-4-15(20)18-13/h2-8,10H,9H2,1H3,(H,19,21). The van der Waals surface area contributed by atoms with Gasteiger partial charge < -0.3 is 9.72 Å². The van der Waals surface area contributed by atoms with E-state index in [-0.39, 0.29) is 12.3 Å².